The average molecular weight is 314 g/mol. The number of hydrogen-bond donors (Lipinski definition) is 3. The van der Waals surface area contributed by atoms with Gasteiger partial charge < -0.3 is 10.6 Å². The van der Waals surface area contributed by atoms with E-state index in [-0.39, 0.29) is 5.56 Å². The quantitative estimate of drug-likeness (QED) is 0.627. The van der Waals surface area contributed by atoms with Crippen molar-refractivity contribution in [2.75, 3.05) is 23.7 Å². The third-order valence-corrected chi connectivity index (χ3v) is 4.44. The van der Waals surface area contributed by atoms with Crippen LogP contribution in [-0.2, 0) is 7.05 Å². The number of aromatic amines is 2. The van der Waals surface area contributed by atoms with Gasteiger partial charge in [0.05, 0.1) is 6.20 Å². The summed E-state index contributed by atoms with van der Waals surface area (Å²) >= 11 is 0. The van der Waals surface area contributed by atoms with Crippen LogP contribution in [0.25, 0.3) is 11.0 Å². The highest BCUT2D eigenvalue weighted by molar-refractivity contribution is 5.74. The van der Waals surface area contributed by atoms with Crippen LogP contribution in [0.4, 0.5) is 11.8 Å². The number of aryl methyl sites for hydroxylation is 1. The Labute approximate surface area is 131 Å². The molecule has 4 N–H and O–H groups in total. The Morgan fingerprint density at radius 3 is 2.83 bits per heavy atom. The molecule has 3 aromatic rings. The molecule has 120 valence electrons. The molecule has 0 radical (unpaired) electrons. The van der Waals surface area contributed by atoms with Crippen LogP contribution in [0.15, 0.2) is 17.1 Å². The number of H-pyrrole nitrogens is 2. The van der Waals surface area contributed by atoms with Gasteiger partial charge in [-0.25, -0.2) is 0 Å². The molecule has 0 saturated carbocycles. The van der Waals surface area contributed by atoms with Gasteiger partial charge in [-0.1, -0.05) is 0 Å². The number of hydrogen-bond acceptors (Lipinski definition) is 6. The number of anilines is 2. The summed E-state index contributed by atoms with van der Waals surface area (Å²) in [7, 11) is 1.79. The van der Waals surface area contributed by atoms with Gasteiger partial charge in [0.1, 0.15) is 11.2 Å². The lowest BCUT2D eigenvalue weighted by molar-refractivity contribution is 0.490. The molecular formula is C14H18N8O. The van der Waals surface area contributed by atoms with Crippen LogP contribution in [-0.4, -0.2) is 43.0 Å². The first-order valence-corrected chi connectivity index (χ1v) is 7.59. The summed E-state index contributed by atoms with van der Waals surface area (Å²) in [5, 5.41) is 11.6. The highest BCUT2D eigenvalue weighted by Crippen LogP contribution is 2.28. The van der Waals surface area contributed by atoms with Crippen molar-refractivity contribution in [1.82, 2.24) is 29.9 Å². The second kappa shape index (κ2) is 5.11. The van der Waals surface area contributed by atoms with Gasteiger partial charge in [0, 0.05) is 37.8 Å². The average Bonchev–Trinajstić information content (AvgIpc) is 3.15. The minimum atomic E-state index is -0.151. The molecular weight excluding hydrogens is 296 g/mol. The lowest BCUT2D eigenvalue weighted by atomic mass is 9.94. The van der Waals surface area contributed by atoms with E-state index in [1.54, 1.807) is 17.9 Å². The third-order valence-electron chi connectivity index (χ3n) is 4.44. The van der Waals surface area contributed by atoms with Crippen LogP contribution < -0.4 is 16.2 Å². The van der Waals surface area contributed by atoms with Crippen molar-refractivity contribution < 1.29 is 0 Å². The number of fused-ring (bicyclic) bond motifs is 1. The highest BCUT2D eigenvalue weighted by Gasteiger charge is 2.24. The summed E-state index contributed by atoms with van der Waals surface area (Å²) < 4.78 is 1.62. The lowest BCUT2D eigenvalue weighted by Gasteiger charge is -2.31. The maximum atomic E-state index is 12.1. The molecule has 1 aliphatic heterocycles. The van der Waals surface area contributed by atoms with Crippen molar-refractivity contribution in [3.63, 3.8) is 0 Å². The Morgan fingerprint density at radius 1 is 1.35 bits per heavy atom. The van der Waals surface area contributed by atoms with Crippen LogP contribution in [0.5, 0.6) is 0 Å². The van der Waals surface area contributed by atoms with Gasteiger partial charge in [0.2, 0.25) is 5.95 Å². The molecule has 1 saturated heterocycles. The number of rotatable bonds is 2. The molecule has 0 aromatic carbocycles. The second-order valence-corrected chi connectivity index (χ2v) is 5.90. The first-order valence-electron chi connectivity index (χ1n) is 7.59. The lowest BCUT2D eigenvalue weighted by Crippen LogP contribution is -2.35. The van der Waals surface area contributed by atoms with E-state index in [1.807, 2.05) is 6.07 Å². The van der Waals surface area contributed by atoms with Crippen LogP contribution in [0.3, 0.4) is 0 Å². The smallest absolute Gasteiger partial charge is 0.263 e. The number of nitrogens with zero attached hydrogens (tertiary/aromatic N) is 5. The van der Waals surface area contributed by atoms with Crippen LogP contribution in [0.2, 0.25) is 0 Å². The van der Waals surface area contributed by atoms with Crippen LogP contribution >= 0.6 is 0 Å². The van der Waals surface area contributed by atoms with Crippen molar-refractivity contribution in [1.29, 1.82) is 0 Å². The van der Waals surface area contributed by atoms with E-state index in [4.69, 9.17) is 5.73 Å². The SMILES string of the molecule is Cn1ncc2c(=O)[nH]c(N3CCC(c4cc(N)n[nH]4)CC3)nc21. The van der Waals surface area contributed by atoms with Gasteiger partial charge in [-0.3, -0.25) is 19.6 Å². The molecule has 23 heavy (non-hydrogen) atoms. The molecule has 9 nitrogen and oxygen atoms in total. The normalized spacial score (nSPS) is 16.3. The summed E-state index contributed by atoms with van der Waals surface area (Å²) in [6.45, 7) is 1.63. The minimum Gasteiger partial charge on any atom is -0.382 e. The van der Waals surface area contributed by atoms with Gasteiger partial charge in [-0.05, 0) is 12.8 Å². The first-order chi connectivity index (χ1) is 11.1. The van der Waals surface area contributed by atoms with Gasteiger partial charge in [0.25, 0.3) is 5.56 Å². The third kappa shape index (κ3) is 2.33. The molecule has 3 aromatic heterocycles. The molecule has 0 bridgehead atoms. The fourth-order valence-electron chi connectivity index (χ4n) is 3.14. The monoisotopic (exact) mass is 314 g/mol. The summed E-state index contributed by atoms with van der Waals surface area (Å²) in [6, 6.07) is 1.89. The number of nitrogens with one attached hydrogen (secondary N) is 2. The van der Waals surface area contributed by atoms with Crippen molar-refractivity contribution in [3.8, 4) is 0 Å². The zero-order valence-electron chi connectivity index (χ0n) is 12.8. The molecule has 1 fully saturated rings. The van der Waals surface area contributed by atoms with E-state index < -0.39 is 0 Å². The Balaban J connectivity index is 1.56. The summed E-state index contributed by atoms with van der Waals surface area (Å²) in [6.07, 6.45) is 3.45. The van der Waals surface area contributed by atoms with Crippen molar-refractivity contribution >= 4 is 22.8 Å². The van der Waals surface area contributed by atoms with E-state index in [1.165, 1.54) is 0 Å². The molecule has 4 rings (SSSR count). The predicted octanol–water partition coefficient (Wildman–Crippen LogP) is 0.346. The first kappa shape index (κ1) is 13.8. The summed E-state index contributed by atoms with van der Waals surface area (Å²) in [5.74, 6) is 1.53. The van der Waals surface area contributed by atoms with E-state index >= 15 is 0 Å². The van der Waals surface area contributed by atoms with Crippen molar-refractivity contribution in [3.05, 3.63) is 28.3 Å². The van der Waals surface area contributed by atoms with Gasteiger partial charge >= 0.3 is 0 Å². The maximum Gasteiger partial charge on any atom is 0.263 e. The minimum absolute atomic E-state index is 0.151. The topological polar surface area (TPSA) is 122 Å². The standard InChI is InChI=1S/C14H18N8O/c1-21-12-9(7-16-21)13(23)18-14(17-12)22-4-2-8(3-5-22)10-6-11(15)20-19-10/h6-8H,2-5H2,1H3,(H3,15,19,20)(H,17,18,23). The number of piperidine rings is 1. The Hall–Kier alpha value is -2.84. The van der Waals surface area contributed by atoms with Gasteiger partial charge in [-0.2, -0.15) is 15.2 Å². The second-order valence-electron chi connectivity index (χ2n) is 5.90. The van der Waals surface area contributed by atoms with Gasteiger partial charge in [0.15, 0.2) is 5.65 Å². The molecule has 0 spiro atoms. The number of nitrogens with two attached hydrogens (primary N) is 1. The largest absolute Gasteiger partial charge is 0.382 e. The van der Waals surface area contributed by atoms with E-state index in [0.717, 1.165) is 31.6 Å². The zero-order valence-corrected chi connectivity index (χ0v) is 12.8. The maximum absolute atomic E-state index is 12.1. The highest BCUT2D eigenvalue weighted by atomic mass is 16.1. The fourth-order valence-corrected chi connectivity index (χ4v) is 3.14. The van der Waals surface area contributed by atoms with Crippen LogP contribution in [0.1, 0.15) is 24.5 Å². The predicted molar refractivity (Wildman–Crippen MR) is 86.3 cm³/mol. The van der Waals surface area contributed by atoms with Crippen LogP contribution in [0, 0.1) is 0 Å². The van der Waals surface area contributed by atoms with Gasteiger partial charge in [-0.15, -0.1) is 0 Å². The van der Waals surface area contributed by atoms with Crippen molar-refractivity contribution in [2.45, 2.75) is 18.8 Å². The number of aromatic nitrogens is 6. The van der Waals surface area contributed by atoms with E-state index in [0.29, 0.717) is 28.7 Å². The fraction of sp³-hybridized carbons (Fsp3) is 0.429. The summed E-state index contributed by atoms with van der Waals surface area (Å²) in [4.78, 5) is 21.7. The molecule has 9 heteroatoms. The number of nitrogen functional groups attached to an aromatic ring is 1. The Kier molecular flexibility index (Phi) is 3.07. The molecule has 0 amide bonds. The van der Waals surface area contributed by atoms with E-state index in [9.17, 15) is 4.79 Å². The van der Waals surface area contributed by atoms with E-state index in [2.05, 4.69) is 30.2 Å². The molecule has 4 heterocycles. The Morgan fingerprint density at radius 2 is 2.13 bits per heavy atom. The Bertz CT molecular complexity index is 899. The molecule has 0 atom stereocenters. The molecule has 0 unspecified atom stereocenters. The molecule has 0 aliphatic carbocycles. The zero-order chi connectivity index (χ0) is 16.0. The summed E-state index contributed by atoms with van der Waals surface area (Å²) in [5.41, 5.74) is 7.19. The van der Waals surface area contributed by atoms with Crippen molar-refractivity contribution in [2.24, 2.45) is 7.05 Å². The molecule has 1 aliphatic rings.